The number of carboxylic acid groups (broad SMARTS) is 1. The van der Waals surface area contributed by atoms with E-state index >= 15 is 0 Å². The van der Waals surface area contributed by atoms with Gasteiger partial charge in [-0.3, -0.25) is 14.7 Å². The van der Waals surface area contributed by atoms with Gasteiger partial charge >= 0.3 is 5.97 Å². The minimum absolute atomic E-state index is 0.104. The molecule has 2 saturated heterocycles. The molecule has 3 aliphatic rings. The first kappa shape index (κ1) is 40.5. The topological polar surface area (TPSA) is 128 Å². The van der Waals surface area contributed by atoms with E-state index in [-0.39, 0.29) is 19.3 Å². The standard InChI is InChI=1S/C46H53ClN4O6/c1-31-35(8-5-9-38(31)39-10-6-12-42(32(39)2)55-19-7-17-50-29-46(30-50)15-13-37(52)14-16-46)28-57-44-22-43(56-27-34-20-33(23-48)24-49-25-34)36(21-40(44)47)26-51-18-4-3-11-41(51)45(53)54/h5-6,8-10,12,20-22,24-25,37,41,52H,3-4,7,11,13-19,26-30H2,1-2H3,(H,53,54)/t41-/m0/s1. The number of ether oxygens (including phenoxy) is 3. The van der Waals surface area contributed by atoms with Gasteiger partial charge in [-0.1, -0.05) is 48.4 Å². The predicted molar refractivity (Wildman–Crippen MR) is 220 cm³/mol. The van der Waals surface area contributed by atoms with Crippen molar-refractivity contribution in [2.45, 2.75) is 97.1 Å². The zero-order valence-corrected chi connectivity index (χ0v) is 33.8. The third kappa shape index (κ3) is 9.73. The summed E-state index contributed by atoms with van der Waals surface area (Å²) in [5.74, 6) is 1.05. The van der Waals surface area contributed by atoms with E-state index in [9.17, 15) is 20.3 Å². The van der Waals surface area contributed by atoms with Gasteiger partial charge in [0.15, 0.2) is 0 Å². The lowest BCUT2D eigenvalue weighted by Gasteiger charge is -2.53. The van der Waals surface area contributed by atoms with Crippen LogP contribution in [-0.2, 0) is 24.6 Å². The van der Waals surface area contributed by atoms with Crippen molar-refractivity contribution in [3.05, 3.63) is 105 Å². The van der Waals surface area contributed by atoms with E-state index in [4.69, 9.17) is 25.8 Å². The quantitative estimate of drug-likeness (QED) is 0.113. The molecule has 1 saturated carbocycles. The van der Waals surface area contributed by atoms with Gasteiger partial charge in [0, 0.05) is 55.8 Å². The summed E-state index contributed by atoms with van der Waals surface area (Å²) in [5.41, 5.74) is 7.79. The van der Waals surface area contributed by atoms with Crippen molar-refractivity contribution in [2.24, 2.45) is 5.41 Å². The number of nitrogens with zero attached hydrogens (tertiary/aromatic N) is 4. The van der Waals surface area contributed by atoms with Gasteiger partial charge in [0.1, 0.15) is 42.6 Å². The first-order chi connectivity index (χ1) is 27.6. The largest absolute Gasteiger partial charge is 0.493 e. The van der Waals surface area contributed by atoms with Gasteiger partial charge in [0.25, 0.3) is 0 Å². The highest BCUT2D eigenvalue weighted by Gasteiger charge is 2.44. The van der Waals surface area contributed by atoms with Gasteiger partial charge in [-0.05, 0) is 117 Å². The molecule has 1 aromatic heterocycles. The molecule has 4 aromatic rings. The van der Waals surface area contributed by atoms with Crippen LogP contribution in [0.2, 0.25) is 5.02 Å². The summed E-state index contributed by atoms with van der Waals surface area (Å²) in [6.45, 7) is 9.65. The molecule has 0 bridgehead atoms. The number of aliphatic hydroxyl groups excluding tert-OH is 1. The van der Waals surface area contributed by atoms with E-state index in [2.05, 4.69) is 54.1 Å². The molecule has 2 N–H and O–H groups in total. The van der Waals surface area contributed by atoms with Crippen molar-refractivity contribution in [3.63, 3.8) is 0 Å². The second kappa shape index (κ2) is 18.3. The Labute approximate surface area is 341 Å². The fraction of sp³-hybridized carbons (Fsp3) is 0.457. The van der Waals surface area contributed by atoms with E-state index < -0.39 is 12.0 Å². The average Bonchev–Trinajstić information content (AvgIpc) is 3.20. The summed E-state index contributed by atoms with van der Waals surface area (Å²) in [4.78, 5) is 20.7. The summed E-state index contributed by atoms with van der Waals surface area (Å²) >= 11 is 6.88. The number of rotatable bonds is 15. The van der Waals surface area contributed by atoms with E-state index in [1.54, 1.807) is 18.3 Å². The van der Waals surface area contributed by atoms with Crippen molar-refractivity contribution >= 4 is 17.6 Å². The van der Waals surface area contributed by atoms with Gasteiger partial charge < -0.3 is 29.3 Å². The Balaban J connectivity index is 1.02. The van der Waals surface area contributed by atoms with Crippen LogP contribution in [0.5, 0.6) is 17.2 Å². The van der Waals surface area contributed by atoms with Crippen molar-refractivity contribution in [2.75, 3.05) is 32.8 Å². The van der Waals surface area contributed by atoms with E-state index in [0.29, 0.717) is 53.6 Å². The molecule has 3 heterocycles. The molecule has 57 heavy (non-hydrogen) atoms. The number of hydrogen-bond donors (Lipinski definition) is 2. The highest BCUT2D eigenvalue weighted by atomic mass is 35.5. The number of aliphatic hydroxyl groups is 1. The van der Waals surface area contributed by atoms with Crippen molar-refractivity contribution in [3.8, 4) is 34.4 Å². The Bertz CT molecular complexity index is 2090. The Morgan fingerprint density at radius 2 is 1.67 bits per heavy atom. The maximum absolute atomic E-state index is 12.1. The second-order valence-corrected chi connectivity index (χ2v) is 16.6. The van der Waals surface area contributed by atoms with Crippen LogP contribution in [0.25, 0.3) is 11.1 Å². The summed E-state index contributed by atoms with van der Waals surface area (Å²) in [5, 5.41) is 29.6. The Kier molecular flexibility index (Phi) is 13.0. The van der Waals surface area contributed by atoms with E-state index in [1.165, 1.54) is 6.20 Å². The molecule has 0 unspecified atom stereocenters. The van der Waals surface area contributed by atoms with Crippen LogP contribution in [0, 0.1) is 30.6 Å². The lowest BCUT2D eigenvalue weighted by Crippen LogP contribution is -2.58. The van der Waals surface area contributed by atoms with E-state index in [0.717, 1.165) is 109 Å². The number of likely N-dealkylation sites (tertiary alicyclic amines) is 2. The number of aromatic nitrogens is 1. The second-order valence-electron chi connectivity index (χ2n) is 16.1. The Morgan fingerprint density at radius 1 is 0.912 bits per heavy atom. The summed E-state index contributed by atoms with van der Waals surface area (Å²) in [6.07, 6.45) is 10.6. The maximum atomic E-state index is 12.1. The molecule has 1 atom stereocenters. The van der Waals surface area contributed by atoms with Crippen LogP contribution < -0.4 is 14.2 Å². The number of halogens is 1. The van der Waals surface area contributed by atoms with Crippen LogP contribution in [0.3, 0.4) is 0 Å². The third-order valence-electron chi connectivity index (χ3n) is 12.1. The molecule has 2 aliphatic heterocycles. The normalized spacial score (nSPS) is 18.5. The smallest absolute Gasteiger partial charge is 0.320 e. The Morgan fingerprint density at radius 3 is 2.44 bits per heavy atom. The number of nitriles is 1. The molecule has 0 radical (unpaired) electrons. The molecule has 7 rings (SSSR count). The number of benzene rings is 3. The molecular formula is C46H53ClN4O6. The van der Waals surface area contributed by atoms with Gasteiger partial charge in [-0.2, -0.15) is 5.26 Å². The summed E-state index contributed by atoms with van der Waals surface area (Å²) in [7, 11) is 0. The van der Waals surface area contributed by atoms with Crippen molar-refractivity contribution in [1.29, 1.82) is 5.26 Å². The lowest BCUT2D eigenvalue weighted by atomic mass is 9.68. The molecular weight excluding hydrogens is 740 g/mol. The van der Waals surface area contributed by atoms with Gasteiger partial charge in [0.05, 0.1) is 23.3 Å². The number of carboxylic acids is 1. The molecule has 10 nitrogen and oxygen atoms in total. The summed E-state index contributed by atoms with van der Waals surface area (Å²) in [6, 6.07) is 19.3. The SMILES string of the molecule is Cc1c(COc2cc(OCc3cncc(C#N)c3)c(CN3CCCC[C@H]3C(=O)O)cc2Cl)cccc1-c1cccc(OCCCN2CC3(CCC(O)CC3)C2)c1C. The fourth-order valence-electron chi connectivity index (χ4n) is 8.82. The maximum Gasteiger partial charge on any atom is 0.320 e. The van der Waals surface area contributed by atoms with Gasteiger partial charge in [-0.25, -0.2) is 0 Å². The third-order valence-corrected chi connectivity index (χ3v) is 12.4. The zero-order chi connectivity index (χ0) is 39.9. The van der Waals surface area contributed by atoms with Crippen LogP contribution >= 0.6 is 11.6 Å². The molecule has 11 heteroatoms. The van der Waals surface area contributed by atoms with Crippen molar-refractivity contribution < 1.29 is 29.2 Å². The number of pyridine rings is 1. The van der Waals surface area contributed by atoms with Crippen LogP contribution in [0.4, 0.5) is 0 Å². The highest BCUT2D eigenvalue weighted by molar-refractivity contribution is 6.32. The molecule has 1 spiro atoms. The number of piperidine rings is 1. The van der Waals surface area contributed by atoms with Crippen LogP contribution in [-0.4, -0.2) is 75.9 Å². The van der Waals surface area contributed by atoms with Gasteiger partial charge in [-0.15, -0.1) is 0 Å². The van der Waals surface area contributed by atoms with E-state index in [1.807, 2.05) is 23.1 Å². The first-order valence-electron chi connectivity index (χ1n) is 20.2. The Hall–Kier alpha value is -4.66. The molecule has 3 fully saturated rings. The number of aliphatic carboxylic acids is 1. The monoisotopic (exact) mass is 792 g/mol. The zero-order valence-electron chi connectivity index (χ0n) is 33.0. The molecule has 0 amide bonds. The van der Waals surface area contributed by atoms with Crippen LogP contribution in [0.1, 0.15) is 84.7 Å². The van der Waals surface area contributed by atoms with Crippen molar-refractivity contribution in [1.82, 2.24) is 14.8 Å². The average molecular weight is 793 g/mol. The first-order valence-corrected chi connectivity index (χ1v) is 20.6. The number of hydrogen-bond acceptors (Lipinski definition) is 9. The molecule has 300 valence electrons. The van der Waals surface area contributed by atoms with Gasteiger partial charge in [0.2, 0.25) is 0 Å². The minimum Gasteiger partial charge on any atom is -0.493 e. The summed E-state index contributed by atoms with van der Waals surface area (Å²) < 4.78 is 19.1. The molecule has 1 aliphatic carbocycles. The molecule has 3 aromatic carbocycles. The predicted octanol–water partition coefficient (Wildman–Crippen LogP) is 8.49. The minimum atomic E-state index is -0.831. The lowest BCUT2D eigenvalue weighted by molar-refractivity contribution is -0.144. The van der Waals surface area contributed by atoms with Crippen LogP contribution in [0.15, 0.2) is 67.0 Å². The number of carbonyl (C=O) groups is 1. The highest BCUT2D eigenvalue weighted by Crippen LogP contribution is 2.44. The fourth-order valence-corrected chi connectivity index (χ4v) is 9.06.